The number of piperidine rings is 2. The molecular weight excluding hydrogens is 360 g/mol. The number of β-amino-alcohol motifs (C(OH)–C–C–N with tert-alkyl or cyclic N) is 1. The summed E-state index contributed by atoms with van der Waals surface area (Å²) in [4.78, 5) is 18.0. The van der Waals surface area contributed by atoms with Crippen molar-refractivity contribution in [3.63, 3.8) is 0 Å². The van der Waals surface area contributed by atoms with E-state index in [-0.39, 0.29) is 11.5 Å². The summed E-state index contributed by atoms with van der Waals surface area (Å²) < 4.78 is 2.09. The maximum Gasteiger partial charge on any atom is 0.226 e. The second kappa shape index (κ2) is 7.77. The third-order valence-electron chi connectivity index (χ3n) is 5.95. The zero-order chi connectivity index (χ0) is 18.9. The lowest BCUT2D eigenvalue weighted by molar-refractivity contribution is 0.0236. The largest absolute Gasteiger partial charge is 0.391 e. The number of hydrogen-bond donors (Lipinski definition) is 1. The normalized spacial score (nSPS) is 23.1. The van der Waals surface area contributed by atoms with Gasteiger partial charge in [0.15, 0.2) is 0 Å². The quantitative estimate of drug-likeness (QED) is 0.632. The second-order valence-corrected chi connectivity index (χ2v) is 8.74. The molecule has 146 valence electrons. The van der Waals surface area contributed by atoms with Crippen LogP contribution in [-0.4, -0.2) is 68.1 Å². The van der Waals surface area contributed by atoms with Crippen molar-refractivity contribution in [3.8, 4) is 0 Å². The van der Waals surface area contributed by atoms with Gasteiger partial charge in [-0.3, -0.25) is 4.90 Å². The number of thioether (sulfide) groups is 1. The van der Waals surface area contributed by atoms with Crippen molar-refractivity contribution in [2.75, 3.05) is 37.3 Å². The molecule has 1 N–H and O–H groups in total. The predicted molar refractivity (Wildman–Crippen MR) is 107 cm³/mol. The first-order valence-corrected chi connectivity index (χ1v) is 10.8. The van der Waals surface area contributed by atoms with Gasteiger partial charge in [-0.15, -0.1) is 11.8 Å². The number of nitrogens with zero attached hydrogens (tertiary/aromatic N) is 6. The number of rotatable bonds is 4. The topological polar surface area (TPSA) is 70.3 Å². The third kappa shape index (κ3) is 4.12. The fourth-order valence-corrected chi connectivity index (χ4v) is 4.79. The Morgan fingerprint density at radius 1 is 1.33 bits per heavy atom. The molecule has 1 spiro atoms. The first kappa shape index (κ1) is 18.7. The molecular formula is C19H28N6OS. The minimum absolute atomic E-state index is 0.152. The van der Waals surface area contributed by atoms with Crippen molar-refractivity contribution in [2.45, 2.75) is 36.9 Å². The molecule has 0 bridgehead atoms. The fourth-order valence-electron chi connectivity index (χ4n) is 4.42. The van der Waals surface area contributed by atoms with Crippen LogP contribution in [0.5, 0.6) is 0 Å². The zero-order valence-corrected chi connectivity index (χ0v) is 16.9. The molecule has 0 radical (unpaired) electrons. The van der Waals surface area contributed by atoms with E-state index in [1.54, 1.807) is 11.8 Å². The number of hydrogen-bond acceptors (Lipinski definition) is 7. The lowest BCUT2D eigenvalue weighted by atomic mass is 9.71. The van der Waals surface area contributed by atoms with Crippen LogP contribution in [0.4, 0.5) is 5.95 Å². The van der Waals surface area contributed by atoms with Gasteiger partial charge < -0.3 is 14.6 Å². The summed E-state index contributed by atoms with van der Waals surface area (Å²) in [5, 5.41) is 11.5. The minimum Gasteiger partial charge on any atom is -0.391 e. The van der Waals surface area contributed by atoms with Crippen molar-refractivity contribution < 1.29 is 5.11 Å². The molecule has 8 heteroatoms. The van der Waals surface area contributed by atoms with E-state index in [1.165, 1.54) is 5.69 Å². The first-order chi connectivity index (χ1) is 13.1. The molecule has 7 nitrogen and oxygen atoms in total. The zero-order valence-electron chi connectivity index (χ0n) is 16.1. The van der Waals surface area contributed by atoms with Crippen LogP contribution >= 0.6 is 11.8 Å². The van der Waals surface area contributed by atoms with Gasteiger partial charge >= 0.3 is 0 Å². The Kier molecular flexibility index (Phi) is 5.39. The number of aromatic nitrogens is 4. The lowest BCUT2D eigenvalue weighted by Crippen LogP contribution is -2.54. The summed E-state index contributed by atoms with van der Waals surface area (Å²) in [5.41, 5.74) is 1.40. The Labute approximate surface area is 164 Å². The highest BCUT2D eigenvalue weighted by atomic mass is 32.2. The Morgan fingerprint density at radius 3 is 2.85 bits per heavy atom. The van der Waals surface area contributed by atoms with Gasteiger partial charge in [0, 0.05) is 39.1 Å². The molecule has 0 saturated carbocycles. The summed E-state index contributed by atoms with van der Waals surface area (Å²) in [6.07, 6.45) is 10.4. The monoisotopic (exact) mass is 388 g/mol. The van der Waals surface area contributed by atoms with Crippen LogP contribution in [0.15, 0.2) is 29.8 Å². The van der Waals surface area contributed by atoms with Crippen molar-refractivity contribution in [1.82, 2.24) is 24.4 Å². The molecule has 0 aliphatic carbocycles. The second-order valence-electron chi connectivity index (χ2n) is 7.91. The van der Waals surface area contributed by atoms with Crippen LogP contribution < -0.4 is 4.90 Å². The van der Waals surface area contributed by atoms with Crippen LogP contribution in [0.25, 0.3) is 0 Å². The van der Waals surface area contributed by atoms with Crippen LogP contribution in [-0.2, 0) is 13.6 Å². The van der Waals surface area contributed by atoms with E-state index in [0.29, 0.717) is 6.54 Å². The Balaban J connectivity index is 1.43. The van der Waals surface area contributed by atoms with Gasteiger partial charge in [0.2, 0.25) is 5.95 Å². The van der Waals surface area contributed by atoms with Gasteiger partial charge in [-0.2, -0.15) is 0 Å². The van der Waals surface area contributed by atoms with E-state index < -0.39 is 0 Å². The summed E-state index contributed by atoms with van der Waals surface area (Å²) >= 11 is 1.62. The maximum atomic E-state index is 10.6. The van der Waals surface area contributed by atoms with Crippen LogP contribution in [0, 0.1) is 5.41 Å². The van der Waals surface area contributed by atoms with Gasteiger partial charge in [-0.05, 0) is 50.1 Å². The van der Waals surface area contributed by atoms with Gasteiger partial charge in [0.05, 0.1) is 18.1 Å². The summed E-state index contributed by atoms with van der Waals surface area (Å²) in [7, 11) is 2.05. The van der Waals surface area contributed by atoms with E-state index in [4.69, 9.17) is 0 Å². The van der Waals surface area contributed by atoms with E-state index in [0.717, 1.165) is 56.4 Å². The molecule has 4 heterocycles. The van der Waals surface area contributed by atoms with Gasteiger partial charge in [0.25, 0.3) is 0 Å². The number of aliphatic hydroxyl groups is 1. The average Bonchev–Trinajstić information content (AvgIpc) is 3.08. The van der Waals surface area contributed by atoms with Crippen molar-refractivity contribution in [3.05, 3.63) is 30.5 Å². The molecule has 0 amide bonds. The Hall–Kier alpha value is -1.64. The Morgan fingerprint density at radius 2 is 2.15 bits per heavy atom. The molecule has 2 fully saturated rings. The van der Waals surface area contributed by atoms with Crippen LogP contribution in [0.3, 0.4) is 0 Å². The molecule has 27 heavy (non-hydrogen) atoms. The highest BCUT2D eigenvalue weighted by Crippen LogP contribution is 2.41. The molecule has 2 aliphatic rings. The average molecular weight is 389 g/mol. The molecule has 4 rings (SSSR count). The van der Waals surface area contributed by atoms with Crippen LogP contribution in [0.1, 0.15) is 25.0 Å². The number of aliphatic hydroxyl groups excluding tert-OH is 1. The number of anilines is 1. The predicted octanol–water partition coefficient (Wildman–Crippen LogP) is 1.79. The minimum atomic E-state index is -0.316. The highest BCUT2D eigenvalue weighted by molar-refractivity contribution is 7.98. The van der Waals surface area contributed by atoms with Crippen molar-refractivity contribution in [1.29, 1.82) is 0 Å². The number of imidazole rings is 1. The van der Waals surface area contributed by atoms with E-state index in [1.807, 2.05) is 38.1 Å². The van der Waals surface area contributed by atoms with Crippen molar-refractivity contribution >= 4 is 17.7 Å². The van der Waals surface area contributed by atoms with E-state index >= 15 is 0 Å². The SMILES string of the molecule is CSc1ccnc(N2CC(O)CC3(CCN(Cc4cncn4C)CC3)C2)n1. The fraction of sp³-hybridized carbons (Fsp3) is 0.632. The van der Waals surface area contributed by atoms with Crippen molar-refractivity contribution in [2.24, 2.45) is 12.5 Å². The molecule has 0 aromatic carbocycles. The lowest BCUT2D eigenvalue weighted by Gasteiger charge is -2.49. The summed E-state index contributed by atoms with van der Waals surface area (Å²) in [6, 6.07) is 1.93. The summed E-state index contributed by atoms with van der Waals surface area (Å²) in [6.45, 7) is 4.60. The number of aryl methyl sites for hydroxylation is 1. The smallest absolute Gasteiger partial charge is 0.226 e. The van der Waals surface area contributed by atoms with E-state index in [9.17, 15) is 5.11 Å². The number of likely N-dealkylation sites (tertiary alicyclic amines) is 1. The molecule has 2 aromatic rings. The maximum absolute atomic E-state index is 10.6. The van der Waals surface area contributed by atoms with Gasteiger partial charge in [-0.1, -0.05) is 0 Å². The molecule has 2 aliphatic heterocycles. The molecule has 1 unspecified atom stereocenters. The van der Waals surface area contributed by atoms with Gasteiger partial charge in [0.1, 0.15) is 5.03 Å². The summed E-state index contributed by atoms with van der Waals surface area (Å²) in [5.74, 6) is 0.747. The third-order valence-corrected chi connectivity index (χ3v) is 6.60. The standard InChI is InChI=1S/C19H28N6OS/c1-23-14-20-10-15(23)11-24-7-4-19(5-8-24)9-16(26)12-25(13-19)18-21-6-3-17(22-18)27-2/h3,6,10,14,16,26H,4-5,7-9,11-13H2,1-2H3. The van der Waals surface area contributed by atoms with Gasteiger partial charge in [-0.25, -0.2) is 15.0 Å². The first-order valence-electron chi connectivity index (χ1n) is 9.54. The molecule has 2 aromatic heterocycles. The van der Waals surface area contributed by atoms with E-state index in [2.05, 4.69) is 29.3 Å². The highest BCUT2D eigenvalue weighted by Gasteiger charge is 2.42. The Bertz CT molecular complexity index is 773. The van der Waals surface area contributed by atoms with Crippen LogP contribution in [0.2, 0.25) is 0 Å². The molecule has 2 saturated heterocycles. The molecule has 1 atom stereocenters.